The third kappa shape index (κ3) is 2.63. The predicted molar refractivity (Wildman–Crippen MR) is 83.6 cm³/mol. The van der Waals surface area contributed by atoms with E-state index >= 15 is 0 Å². The SMILES string of the molecule is CNC(c1cccc2ncccc12)C1CCCCS1. The van der Waals surface area contributed by atoms with E-state index in [0.717, 1.165) is 5.52 Å². The largest absolute Gasteiger partial charge is 0.312 e. The quantitative estimate of drug-likeness (QED) is 0.920. The van der Waals surface area contributed by atoms with E-state index in [1.54, 1.807) is 0 Å². The van der Waals surface area contributed by atoms with E-state index in [0.29, 0.717) is 11.3 Å². The number of hydrogen-bond donors (Lipinski definition) is 1. The van der Waals surface area contributed by atoms with Crippen LogP contribution in [0.3, 0.4) is 0 Å². The Hall–Kier alpha value is -1.06. The van der Waals surface area contributed by atoms with E-state index in [4.69, 9.17) is 0 Å². The van der Waals surface area contributed by atoms with Crippen LogP contribution in [-0.4, -0.2) is 23.0 Å². The number of nitrogens with zero attached hydrogens (tertiary/aromatic N) is 1. The molecule has 1 aromatic carbocycles. The maximum Gasteiger partial charge on any atom is 0.0705 e. The number of nitrogens with one attached hydrogen (secondary N) is 1. The fourth-order valence-corrected chi connectivity index (χ4v) is 4.45. The molecule has 1 aliphatic rings. The molecule has 2 aromatic rings. The normalized spacial score (nSPS) is 21.4. The summed E-state index contributed by atoms with van der Waals surface area (Å²) in [4.78, 5) is 4.47. The molecule has 2 unspecified atom stereocenters. The molecular weight excluding hydrogens is 252 g/mol. The highest BCUT2D eigenvalue weighted by Crippen LogP contribution is 2.36. The Morgan fingerprint density at radius 3 is 3.00 bits per heavy atom. The Morgan fingerprint density at radius 1 is 1.26 bits per heavy atom. The molecule has 0 spiro atoms. The van der Waals surface area contributed by atoms with Crippen molar-refractivity contribution in [2.75, 3.05) is 12.8 Å². The Balaban J connectivity index is 2.00. The van der Waals surface area contributed by atoms with Crippen molar-refractivity contribution in [2.24, 2.45) is 0 Å². The first-order valence-electron chi connectivity index (χ1n) is 7.02. The van der Waals surface area contributed by atoms with Crippen molar-refractivity contribution in [1.82, 2.24) is 10.3 Å². The molecule has 1 N–H and O–H groups in total. The van der Waals surface area contributed by atoms with Gasteiger partial charge in [0.2, 0.25) is 0 Å². The van der Waals surface area contributed by atoms with E-state index in [9.17, 15) is 0 Å². The summed E-state index contributed by atoms with van der Waals surface area (Å²) in [6.45, 7) is 0. The van der Waals surface area contributed by atoms with Gasteiger partial charge in [-0.3, -0.25) is 4.98 Å². The van der Waals surface area contributed by atoms with Crippen LogP contribution in [0.2, 0.25) is 0 Å². The van der Waals surface area contributed by atoms with Gasteiger partial charge in [-0.2, -0.15) is 11.8 Å². The summed E-state index contributed by atoms with van der Waals surface area (Å²) in [5.41, 5.74) is 2.49. The van der Waals surface area contributed by atoms with Crippen LogP contribution >= 0.6 is 11.8 Å². The summed E-state index contributed by atoms with van der Waals surface area (Å²) in [5, 5.41) is 5.50. The van der Waals surface area contributed by atoms with Gasteiger partial charge in [-0.1, -0.05) is 24.6 Å². The highest BCUT2D eigenvalue weighted by Gasteiger charge is 2.25. The Bertz CT molecular complexity index is 544. The smallest absolute Gasteiger partial charge is 0.0705 e. The molecule has 100 valence electrons. The Morgan fingerprint density at radius 2 is 2.21 bits per heavy atom. The molecule has 0 aliphatic carbocycles. The zero-order valence-corrected chi connectivity index (χ0v) is 12.1. The molecule has 3 heteroatoms. The first kappa shape index (κ1) is 12.9. The first-order chi connectivity index (χ1) is 9.40. The summed E-state index contributed by atoms with van der Waals surface area (Å²) < 4.78 is 0. The van der Waals surface area contributed by atoms with Crippen LogP contribution in [0.4, 0.5) is 0 Å². The van der Waals surface area contributed by atoms with Crippen molar-refractivity contribution in [3.8, 4) is 0 Å². The molecule has 19 heavy (non-hydrogen) atoms. The average Bonchev–Trinajstić information content (AvgIpc) is 2.49. The van der Waals surface area contributed by atoms with Gasteiger partial charge in [0.25, 0.3) is 0 Å². The van der Waals surface area contributed by atoms with Gasteiger partial charge in [-0.05, 0) is 43.3 Å². The van der Waals surface area contributed by atoms with E-state index in [1.807, 2.05) is 12.3 Å². The first-order valence-corrected chi connectivity index (χ1v) is 8.07. The van der Waals surface area contributed by atoms with Crippen molar-refractivity contribution in [3.05, 3.63) is 42.1 Å². The Kier molecular flexibility index (Phi) is 4.04. The summed E-state index contributed by atoms with van der Waals surface area (Å²) in [7, 11) is 2.08. The monoisotopic (exact) mass is 272 g/mol. The standard InChI is InChI=1S/C16H20N2S/c1-17-16(15-9-2-3-11-19-15)13-6-4-8-14-12(13)7-5-10-18-14/h4-8,10,15-17H,2-3,9,11H2,1H3. The van der Waals surface area contributed by atoms with Gasteiger partial charge in [0.05, 0.1) is 5.52 Å². The third-order valence-electron chi connectivity index (χ3n) is 3.91. The minimum Gasteiger partial charge on any atom is -0.312 e. The minimum absolute atomic E-state index is 0.429. The second kappa shape index (κ2) is 5.93. The molecule has 1 aromatic heterocycles. The van der Waals surface area contributed by atoms with Crippen LogP contribution in [0.1, 0.15) is 30.9 Å². The lowest BCUT2D eigenvalue weighted by Crippen LogP contribution is -2.29. The lowest BCUT2D eigenvalue weighted by Gasteiger charge is -2.30. The van der Waals surface area contributed by atoms with Crippen molar-refractivity contribution >= 4 is 22.7 Å². The van der Waals surface area contributed by atoms with Crippen LogP contribution < -0.4 is 5.32 Å². The molecule has 3 rings (SSSR count). The second-order valence-electron chi connectivity index (χ2n) is 5.09. The van der Waals surface area contributed by atoms with Gasteiger partial charge in [-0.25, -0.2) is 0 Å². The topological polar surface area (TPSA) is 24.9 Å². The van der Waals surface area contributed by atoms with Gasteiger partial charge in [-0.15, -0.1) is 0 Å². The third-order valence-corrected chi connectivity index (χ3v) is 5.37. The lowest BCUT2D eigenvalue weighted by molar-refractivity contribution is 0.519. The Labute approximate surface area is 119 Å². The number of fused-ring (bicyclic) bond motifs is 1. The van der Waals surface area contributed by atoms with Crippen molar-refractivity contribution in [3.63, 3.8) is 0 Å². The molecule has 1 aliphatic heterocycles. The number of thioether (sulfide) groups is 1. The number of pyridine rings is 1. The second-order valence-corrected chi connectivity index (χ2v) is 6.44. The average molecular weight is 272 g/mol. The van der Waals surface area contributed by atoms with Crippen LogP contribution in [0.25, 0.3) is 10.9 Å². The zero-order valence-electron chi connectivity index (χ0n) is 11.3. The van der Waals surface area contributed by atoms with Crippen molar-refractivity contribution < 1.29 is 0 Å². The summed E-state index contributed by atoms with van der Waals surface area (Å²) in [6, 6.07) is 11.1. The number of aromatic nitrogens is 1. The summed E-state index contributed by atoms with van der Waals surface area (Å²) in [5.74, 6) is 1.30. The number of benzene rings is 1. The van der Waals surface area contributed by atoms with Gasteiger partial charge >= 0.3 is 0 Å². The molecule has 0 saturated carbocycles. The molecule has 2 heterocycles. The van der Waals surface area contributed by atoms with Gasteiger partial charge in [0, 0.05) is 22.9 Å². The molecule has 2 nitrogen and oxygen atoms in total. The van der Waals surface area contributed by atoms with E-state index in [2.05, 4.69) is 53.4 Å². The predicted octanol–water partition coefficient (Wildman–Crippen LogP) is 3.78. The molecule has 1 saturated heterocycles. The minimum atomic E-state index is 0.429. The van der Waals surface area contributed by atoms with Crippen LogP contribution in [0, 0.1) is 0 Å². The van der Waals surface area contributed by atoms with Crippen molar-refractivity contribution in [1.29, 1.82) is 0 Å². The van der Waals surface area contributed by atoms with Crippen LogP contribution in [0.5, 0.6) is 0 Å². The lowest BCUT2D eigenvalue weighted by atomic mass is 9.96. The fourth-order valence-electron chi connectivity index (χ4n) is 2.97. The maximum absolute atomic E-state index is 4.47. The van der Waals surface area contributed by atoms with Crippen LogP contribution in [0.15, 0.2) is 36.5 Å². The molecular formula is C16H20N2S. The molecule has 0 amide bonds. The summed E-state index contributed by atoms with van der Waals surface area (Å²) in [6.07, 6.45) is 5.91. The summed E-state index contributed by atoms with van der Waals surface area (Å²) >= 11 is 2.12. The van der Waals surface area contributed by atoms with Gasteiger partial charge in [0.15, 0.2) is 0 Å². The highest BCUT2D eigenvalue weighted by molar-refractivity contribution is 8.00. The number of rotatable bonds is 3. The van der Waals surface area contributed by atoms with Crippen LogP contribution in [-0.2, 0) is 0 Å². The van der Waals surface area contributed by atoms with Gasteiger partial charge < -0.3 is 5.32 Å². The van der Waals surface area contributed by atoms with E-state index in [1.165, 1.54) is 36.0 Å². The maximum atomic E-state index is 4.47. The molecule has 1 fully saturated rings. The number of hydrogen-bond acceptors (Lipinski definition) is 3. The molecule has 2 atom stereocenters. The van der Waals surface area contributed by atoms with E-state index in [-0.39, 0.29) is 0 Å². The highest BCUT2D eigenvalue weighted by atomic mass is 32.2. The van der Waals surface area contributed by atoms with Gasteiger partial charge in [0.1, 0.15) is 0 Å². The van der Waals surface area contributed by atoms with E-state index < -0.39 is 0 Å². The van der Waals surface area contributed by atoms with Crippen molar-refractivity contribution in [2.45, 2.75) is 30.6 Å². The molecule has 0 radical (unpaired) electrons. The fraction of sp³-hybridized carbons (Fsp3) is 0.438. The molecule has 0 bridgehead atoms. The zero-order chi connectivity index (χ0) is 13.1.